The molecule has 1 aromatic heterocycles. The molecule has 0 bridgehead atoms. The quantitative estimate of drug-likeness (QED) is 0.893. The number of benzene rings is 1. The Balaban J connectivity index is 1.96. The number of hydrogen-bond donors (Lipinski definition) is 1. The van der Waals surface area contributed by atoms with Crippen LogP contribution < -0.4 is 10.1 Å². The van der Waals surface area contributed by atoms with Crippen molar-refractivity contribution in [1.82, 2.24) is 10.3 Å². The fourth-order valence-electron chi connectivity index (χ4n) is 2.63. The summed E-state index contributed by atoms with van der Waals surface area (Å²) in [5, 5.41) is 3.39. The van der Waals surface area contributed by atoms with Crippen LogP contribution in [0.5, 0.6) is 5.75 Å². The van der Waals surface area contributed by atoms with E-state index in [4.69, 9.17) is 4.74 Å². The molecule has 2 heterocycles. The van der Waals surface area contributed by atoms with E-state index in [-0.39, 0.29) is 6.10 Å². The highest BCUT2D eigenvalue weighted by Gasteiger charge is 2.28. The molecule has 0 amide bonds. The Morgan fingerprint density at radius 1 is 1.32 bits per heavy atom. The first-order valence-electron chi connectivity index (χ1n) is 6.62. The maximum atomic E-state index is 6.13. The third-order valence-electron chi connectivity index (χ3n) is 3.66. The molecule has 0 aliphatic carbocycles. The van der Waals surface area contributed by atoms with E-state index in [1.807, 2.05) is 19.3 Å². The molecular weight excluding hydrogens is 236 g/mol. The molecule has 0 saturated heterocycles. The van der Waals surface area contributed by atoms with Crippen molar-refractivity contribution in [3.63, 3.8) is 0 Å². The molecule has 3 nitrogen and oxygen atoms in total. The molecule has 19 heavy (non-hydrogen) atoms. The smallest absolute Gasteiger partial charge is 0.127 e. The second kappa shape index (κ2) is 5.02. The van der Waals surface area contributed by atoms with Crippen molar-refractivity contribution in [2.24, 2.45) is 0 Å². The Hall–Kier alpha value is -1.87. The molecule has 3 rings (SSSR count). The summed E-state index contributed by atoms with van der Waals surface area (Å²) in [6, 6.07) is 10.7. The van der Waals surface area contributed by atoms with E-state index in [2.05, 4.69) is 41.5 Å². The van der Waals surface area contributed by atoms with Gasteiger partial charge in [-0.3, -0.25) is 4.98 Å². The lowest BCUT2D eigenvalue weighted by molar-refractivity contribution is 0.153. The van der Waals surface area contributed by atoms with Crippen molar-refractivity contribution < 1.29 is 4.74 Å². The van der Waals surface area contributed by atoms with Gasteiger partial charge in [0.1, 0.15) is 11.9 Å². The van der Waals surface area contributed by atoms with Gasteiger partial charge in [0.05, 0.1) is 0 Å². The molecule has 1 aliphatic rings. The largest absolute Gasteiger partial charge is 0.485 e. The lowest BCUT2D eigenvalue weighted by Gasteiger charge is -2.32. The highest BCUT2D eigenvalue weighted by molar-refractivity contribution is 5.41. The van der Waals surface area contributed by atoms with Crippen molar-refractivity contribution in [3.8, 4) is 5.75 Å². The van der Waals surface area contributed by atoms with Crippen LogP contribution in [0.2, 0.25) is 0 Å². The van der Waals surface area contributed by atoms with Gasteiger partial charge in [-0.15, -0.1) is 0 Å². The van der Waals surface area contributed by atoms with Gasteiger partial charge in [0.2, 0.25) is 0 Å². The Kier molecular flexibility index (Phi) is 3.22. The SMILES string of the molecule is CNC1CC(c2cccnc2)Oc2ccc(C)cc21. The van der Waals surface area contributed by atoms with Crippen molar-refractivity contribution in [2.45, 2.75) is 25.5 Å². The van der Waals surface area contributed by atoms with Crippen LogP contribution in [0.3, 0.4) is 0 Å². The van der Waals surface area contributed by atoms with Gasteiger partial charge in [-0.05, 0) is 26.1 Å². The van der Waals surface area contributed by atoms with Crippen molar-refractivity contribution >= 4 is 0 Å². The summed E-state index contributed by atoms with van der Waals surface area (Å²) in [7, 11) is 2.00. The van der Waals surface area contributed by atoms with Gasteiger partial charge >= 0.3 is 0 Å². The first-order valence-corrected chi connectivity index (χ1v) is 6.62. The average molecular weight is 254 g/mol. The molecule has 2 atom stereocenters. The van der Waals surface area contributed by atoms with Crippen LogP contribution in [0.1, 0.15) is 35.3 Å². The molecule has 0 saturated carbocycles. The van der Waals surface area contributed by atoms with Crippen LogP contribution in [0.25, 0.3) is 0 Å². The van der Waals surface area contributed by atoms with E-state index in [9.17, 15) is 0 Å². The van der Waals surface area contributed by atoms with Crippen LogP contribution in [0, 0.1) is 6.92 Å². The van der Waals surface area contributed by atoms with Crippen LogP contribution in [0.4, 0.5) is 0 Å². The van der Waals surface area contributed by atoms with Gasteiger partial charge in [0, 0.05) is 36.0 Å². The first-order chi connectivity index (χ1) is 9.28. The Labute approximate surface area is 113 Å². The number of nitrogens with one attached hydrogen (secondary N) is 1. The minimum Gasteiger partial charge on any atom is -0.485 e. The summed E-state index contributed by atoms with van der Waals surface area (Å²) < 4.78 is 6.13. The van der Waals surface area contributed by atoms with Crippen molar-refractivity contribution in [3.05, 3.63) is 59.4 Å². The number of aryl methyl sites for hydroxylation is 1. The number of pyridine rings is 1. The molecule has 1 N–H and O–H groups in total. The van der Waals surface area contributed by atoms with E-state index in [0.29, 0.717) is 6.04 Å². The monoisotopic (exact) mass is 254 g/mol. The predicted molar refractivity (Wildman–Crippen MR) is 75.2 cm³/mol. The normalized spacial score (nSPS) is 21.6. The molecular formula is C16H18N2O. The standard InChI is InChI=1S/C16H18N2O/c1-11-5-6-15-13(8-11)14(17-2)9-16(19-15)12-4-3-7-18-10-12/h3-8,10,14,16-17H,9H2,1-2H3. The summed E-state index contributed by atoms with van der Waals surface area (Å²) >= 11 is 0. The van der Waals surface area contributed by atoms with Gasteiger partial charge in [-0.2, -0.15) is 0 Å². The molecule has 0 radical (unpaired) electrons. The molecule has 3 heteroatoms. The molecule has 2 unspecified atom stereocenters. The molecule has 0 spiro atoms. The summed E-state index contributed by atoms with van der Waals surface area (Å²) in [5.74, 6) is 0.977. The van der Waals surface area contributed by atoms with Crippen LogP contribution in [-0.4, -0.2) is 12.0 Å². The number of nitrogens with zero attached hydrogens (tertiary/aromatic N) is 1. The number of ether oxygens (including phenoxy) is 1. The van der Waals surface area contributed by atoms with E-state index in [1.54, 1.807) is 6.20 Å². The number of fused-ring (bicyclic) bond motifs is 1. The molecule has 0 fully saturated rings. The Morgan fingerprint density at radius 3 is 2.95 bits per heavy atom. The number of aromatic nitrogens is 1. The molecule has 1 aliphatic heterocycles. The Bertz CT molecular complexity index is 568. The zero-order chi connectivity index (χ0) is 13.2. The topological polar surface area (TPSA) is 34.2 Å². The fraction of sp³-hybridized carbons (Fsp3) is 0.312. The summed E-state index contributed by atoms with van der Waals surface area (Å²) in [6.07, 6.45) is 4.68. The predicted octanol–water partition coefficient (Wildman–Crippen LogP) is 3.17. The summed E-state index contributed by atoms with van der Waals surface area (Å²) in [5.41, 5.74) is 3.65. The zero-order valence-electron chi connectivity index (χ0n) is 11.3. The van der Waals surface area contributed by atoms with Crippen molar-refractivity contribution in [2.75, 3.05) is 7.05 Å². The number of rotatable bonds is 2. The van der Waals surface area contributed by atoms with Gasteiger partial charge < -0.3 is 10.1 Å². The molecule has 1 aromatic carbocycles. The minimum absolute atomic E-state index is 0.0707. The van der Waals surface area contributed by atoms with E-state index >= 15 is 0 Å². The van der Waals surface area contributed by atoms with Crippen molar-refractivity contribution in [1.29, 1.82) is 0 Å². The molecule has 2 aromatic rings. The summed E-state index contributed by atoms with van der Waals surface area (Å²) in [4.78, 5) is 4.18. The summed E-state index contributed by atoms with van der Waals surface area (Å²) in [6.45, 7) is 2.11. The Morgan fingerprint density at radius 2 is 2.21 bits per heavy atom. The van der Waals surface area contributed by atoms with Crippen LogP contribution >= 0.6 is 0 Å². The highest BCUT2D eigenvalue weighted by atomic mass is 16.5. The van der Waals surface area contributed by atoms with Gasteiger partial charge in [0.25, 0.3) is 0 Å². The fourth-order valence-corrected chi connectivity index (χ4v) is 2.63. The van der Waals surface area contributed by atoms with Gasteiger partial charge in [-0.1, -0.05) is 23.8 Å². The van der Waals surface area contributed by atoms with Crippen LogP contribution in [-0.2, 0) is 0 Å². The molecule has 98 valence electrons. The van der Waals surface area contributed by atoms with Gasteiger partial charge in [0.15, 0.2) is 0 Å². The van der Waals surface area contributed by atoms with E-state index in [0.717, 1.165) is 17.7 Å². The average Bonchev–Trinajstić information content (AvgIpc) is 2.47. The van der Waals surface area contributed by atoms with Crippen LogP contribution in [0.15, 0.2) is 42.7 Å². The minimum atomic E-state index is 0.0707. The lowest BCUT2D eigenvalue weighted by Crippen LogP contribution is -2.26. The van der Waals surface area contributed by atoms with E-state index < -0.39 is 0 Å². The van der Waals surface area contributed by atoms with Gasteiger partial charge in [-0.25, -0.2) is 0 Å². The maximum Gasteiger partial charge on any atom is 0.127 e. The third kappa shape index (κ3) is 2.34. The first kappa shape index (κ1) is 12.2. The van der Waals surface area contributed by atoms with E-state index in [1.165, 1.54) is 11.1 Å². The second-order valence-electron chi connectivity index (χ2n) is 5.01. The lowest BCUT2D eigenvalue weighted by atomic mass is 9.93. The zero-order valence-corrected chi connectivity index (χ0v) is 11.3. The maximum absolute atomic E-state index is 6.13. The second-order valence-corrected chi connectivity index (χ2v) is 5.01. The third-order valence-corrected chi connectivity index (χ3v) is 3.66. The number of hydrogen-bond acceptors (Lipinski definition) is 3. The highest BCUT2D eigenvalue weighted by Crippen LogP contribution is 2.40.